The number of morpholine rings is 1. The van der Waals surface area contributed by atoms with Crippen molar-refractivity contribution in [3.63, 3.8) is 0 Å². The maximum Gasteiger partial charge on any atom is 0.250 e. The molecule has 3 rings (SSSR count). The Balaban J connectivity index is 0.00000176. The van der Waals surface area contributed by atoms with Crippen molar-refractivity contribution in [1.82, 2.24) is 10.6 Å². The van der Waals surface area contributed by atoms with Gasteiger partial charge in [0.1, 0.15) is 11.9 Å². The molecule has 122 valence electrons. The van der Waals surface area contributed by atoms with E-state index in [0.29, 0.717) is 19.7 Å². The zero-order chi connectivity index (χ0) is 14.5. The molecule has 1 fully saturated rings. The molecule has 6 heteroatoms. The van der Waals surface area contributed by atoms with E-state index < -0.39 is 0 Å². The Bertz CT molecular complexity index is 504. The van der Waals surface area contributed by atoms with Gasteiger partial charge in [-0.15, -0.1) is 12.4 Å². The van der Waals surface area contributed by atoms with E-state index in [-0.39, 0.29) is 24.4 Å². The van der Waals surface area contributed by atoms with Gasteiger partial charge in [0.05, 0.1) is 13.2 Å². The number of rotatable bonds is 3. The minimum atomic E-state index is -0.372. The number of nitrogens with one attached hydrogen (secondary N) is 2. The first-order chi connectivity index (χ1) is 10.3. The molecule has 0 saturated carbocycles. The summed E-state index contributed by atoms with van der Waals surface area (Å²) in [5.74, 6) is 0.941. The monoisotopic (exact) mass is 326 g/mol. The molecule has 0 aliphatic carbocycles. The number of benzene rings is 1. The number of carbonyl (C=O) groups excluding carboxylic acids is 1. The first-order valence-corrected chi connectivity index (χ1v) is 7.67. The number of fused-ring (bicyclic) bond motifs is 1. The molecule has 0 bridgehead atoms. The van der Waals surface area contributed by atoms with Gasteiger partial charge in [-0.2, -0.15) is 0 Å². The van der Waals surface area contributed by atoms with Gasteiger partial charge in [-0.3, -0.25) is 4.79 Å². The molecule has 2 aliphatic rings. The normalized spacial score (nSPS) is 20.8. The zero-order valence-corrected chi connectivity index (χ0v) is 13.4. The number of amides is 1. The summed E-state index contributed by atoms with van der Waals surface area (Å²) in [5, 5.41) is 6.11. The molecule has 0 aromatic heterocycles. The van der Waals surface area contributed by atoms with Crippen LogP contribution < -0.4 is 15.4 Å². The number of hydrogen-bond acceptors (Lipinski definition) is 4. The first-order valence-electron chi connectivity index (χ1n) is 7.67. The molecule has 1 atom stereocenters. The van der Waals surface area contributed by atoms with Gasteiger partial charge in [-0.05, 0) is 36.5 Å². The number of carbonyl (C=O) groups is 1. The average Bonchev–Trinajstić information content (AvgIpc) is 2.78. The van der Waals surface area contributed by atoms with E-state index >= 15 is 0 Å². The summed E-state index contributed by atoms with van der Waals surface area (Å²) < 4.78 is 11.1. The van der Waals surface area contributed by atoms with Crippen LogP contribution in [-0.4, -0.2) is 38.3 Å². The van der Waals surface area contributed by atoms with Crippen molar-refractivity contribution in [2.45, 2.75) is 31.9 Å². The van der Waals surface area contributed by atoms with Crippen molar-refractivity contribution >= 4 is 18.3 Å². The predicted octanol–water partition coefficient (Wildman–Crippen LogP) is 1.43. The van der Waals surface area contributed by atoms with E-state index in [9.17, 15) is 4.79 Å². The number of halogens is 1. The lowest BCUT2D eigenvalue weighted by Crippen LogP contribution is -2.47. The molecule has 5 nitrogen and oxygen atoms in total. The third kappa shape index (κ3) is 4.35. The molecule has 2 heterocycles. The molecule has 1 aromatic carbocycles. The molecule has 1 aromatic rings. The second-order valence-corrected chi connectivity index (χ2v) is 5.53. The van der Waals surface area contributed by atoms with Crippen molar-refractivity contribution in [1.29, 1.82) is 0 Å². The Hall–Kier alpha value is -1.30. The van der Waals surface area contributed by atoms with Crippen LogP contribution in [0.3, 0.4) is 0 Å². The topological polar surface area (TPSA) is 59.6 Å². The van der Waals surface area contributed by atoms with Crippen LogP contribution in [0.2, 0.25) is 0 Å². The van der Waals surface area contributed by atoms with Crippen LogP contribution in [0.1, 0.15) is 24.0 Å². The number of hydrogen-bond donors (Lipinski definition) is 2. The van der Waals surface area contributed by atoms with Crippen LogP contribution >= 0.6 is 12.4 Å². The summed E-state index contributed by atoms with van der Waals surface area (Å²) in [4.78, 5) is 12.0. The molecule has 1 unspecified atom stereocenters. The van der Waals surface area contributed by atoms with Gasteiger partial charge < -0.3 is 20.1 Å². The fraction of sp³-hybridized carbons (Fsp3) is 0.562. The summed E-state index contributed by atoms with van der Waals surface area (Å²) in [6, 6.07) is 6.17. The predicted molar refractivity (Wildman–Crippen MR) is 86.6 cm³/mol. The Morgan fingerprint density at radius 3 is 3.05 bits per heavy atom. The summed E-state index contributed by atoms with van der Waals surface area (Å²) in [7, 11) is 0. The summed E-state index contributed by atoms with van der Waals surface area (Å²) >= 11 is 0. The highest BCUT2D eigenvalue weighted by molar-refractivity contribution is 5.85. The van der Waals surface area contributed by atoms with Crippen LogP contribution in [0.5, 0.6) is 5.75 Å². The van der Waals surface area contributed by atoms with Crippen LogP contribution in [0.15, 0.2) is 18.2 Å². The first kappa shape index (κ1) is 17.1. The van der Waals surface area contributed by atoms with Gasteiger partial charge in [0, 0.05) is 19.6 Å². The Morgan fingerprint density at radius 1 is 1.32 bits per heavy atom. The van der Waals surface area contributed by atoms with Crippen molar-refractivity contribution in [2.75, 3.05) is 26.3 Å². The molecule has 2 N–H and O–H groups in total. The van der Waals surface area contributed by atoms with Gasteiger partial charge >= 0.3 is 0 Å². The third-order valence-corrected chi connectivity index (χ3v) is 3.91. The van der Waals surface area contributed by atoms with Crippen molar-refractivity contribution in [3.8, 4) is 5.75 Å². The molecule has 1 amide bonds. The Kier molecular flexibility index (Phi) is 6.49. The Morgan fingerprint density at radius 2 is 2.23 bits per heavy atom. The maximum absolute atomic E-state index is 12.0. The maximum atomic E-state index is 12.0. The Labute approximate surface area is 137 Å². The minimum absolute atomic E-state index is 0. The zero-order valence-electron chi connectivity index (χ0n) is 12.6. The second-order valence-electron chi connectivity index (χ2n) is 5.53. The smallest absolute Gasteiger partial charge is 0.250 e. The molecule has 22 heavy (non-hydrogen) atoms. The second kappa shape index (κ2) is 8.36. The van der Waals surface area contributed by atoms with Crippen LogP contribution in [0, 0.1) is 0 Å². The van der Waals surface area contributed by atoms with Crippen LogP contribution in [0.4, 0.5) is 0 Å². The van der Waals surface area contributed by atoms with Crippen molar-refractivity contribution in [3.05, 3.63) is 29.3 Å². The van der Waals surface area contributed by atoms with E-state index in [4.69, 9.17) is 9.47 Å². The van der Waals surface area contributed by atoms with E-state index in [2.05, 4.69) is 16.7 Å². The largest absolute Gasteiger partial charge is 0.493 e. The fourth-order valence-corrected chi connectivity index (χ4v) is 2.72. The number of ether oxygens (including phenoxy) is 2. The lowest BCUT2D eigenvalue weighted by Gasteiger charge is -2.22. The van der Waals surface area contributed by atoms with Gasteiger partial charge in [0.25, 0.3) is 5.91 Å². The van der Waals surface area contributed by atoms with E-state index in [1.54, 1.807) is 0 Å². The van der Waals surface area contributed by atoms with E-state index in [1.165, 1.54) is 5.56 Å². The highest BCUT2D eigenvalue weighted by Crippen LogP contribution is 2.25. The highest BCUT2D eigenvalue weighted by atomic mass is 35.5. The standard InChI is InChI=1S/C16H22N2O3.ClH/c19-16(15-11-17-6-8-21-15)18-10-12-4-5-14-13(9-12)3-1-2-7-20-14;/h4-5,9,15,17H,1-3,6-8,10-11H2,(H,18,19);1H. The van der Waals surface area contributed by atoms with Gasteiger partial charge in [0.2, 0.25) is 0 Å². The molecule has 0 radical (unpaired) electrons. The minimum Gasteiger partial charge on any atom is -0.493 e. The summed E-state index contributed by atoms with van der Waals surface area (Å²) in [5.41, 5.74) is 2.35. The number of aryl methyl sites for hydroxylation is 1. The molecular formula is C16H23ClN2O3. The van der Waals surface area contributed by atoms with E-state index in [0.717, 1.165) is 43.7 Å². The summed E-state index contributed by atoms with van der Waals surface area (Å²) in [6.45, 7) is 3.33. The van der Waals surface area contributed by atoms with Crippen LogP contribution in [-0.2, 0) is 22.5 Å². The quantitative estimate of drug-likeness (QED) is 0.882. The van der Waals surface area contributed by atoms with E-state index in [1.807, 2.05) is 12.1 Å². The van der Waals surface area contributed by atoms with Gasteiger partial charge in [-0.1, -0.05) is 12.1 Å². The average molecular weight is 327 g/mol. The SMILES string of the molecule is Cl.O=C(NCc1ccc2c(c1)CCCCO2)C1CNCCO1. The highest BCUT2D eigenvalue weighted by Gasteiger charge is 2.21. The lowest BCUT2D eigenvalue weighted by atomic mass is 10.0. The van der Waals surface area contributed by atoms with Gasteiger partial charge in [-0.25, -0.2) is 0 Å². The lowest BCUT2D eigenvalue weighted by molar-refractivity contribution is -0.134. The molecule has 0 spiro atoms. The molecule has 2 aliphatic heterocycles. The fourth-order valence-electron chi connectivity index (χ4n) is 2.72. The van der Waals surface area contributed by atoms with Crippen molar-refractivity contribution < 1.29 is 14.3 Å². The third-order valence-electron chi connectivity index (χ3n) is 3.91. The van der Waals surface area contributed by atoms with Gasteiger partial charge in [0.15, 0.2) is 0 Å². The molecule has 1 saturated heterocycles. The van der Waals surface area contributed by atoms with Crippen molar-refractivity contribution in [2.24, 2.45) is 0 Å². The summed E-state index contributed by atoms with van der Waals surface area (Å²) in [6.07, 6.45) is 2.94. The van der Waals surface area contributed by atoms with Crippen LogP contribution in [0.25, 0.3) is 0 Å². The molecular weight excluding hydrogens is 304 g/mol.